The van der Waals surface area contributed by atoms with Crippen LogP contribution in [0.3, 0.4) is 0 Å². The van der Waals surface area contributed by atoms with Crippen LogP contribution in [0.5, 0.6) is 5.88 Å². The number of aromatic amines is 2. The molecule has 0 unspecified atom stereocenters. The lowest BCUT2D eigenvalue weighted by Crippen LogP contribution is -2.12. The van der Waals surface area contributed by atoms with E-state index in [-0.39, 0.29) is 16.2 Å². The average molecular weight is 347 g/mol. The van der Waals surface area contributed by atoms with E-state index in [0.717, 1.165) is 28.1 Å². The van der Waals surface area contributed by atoms with E-state index in [1.54, 1.807) is 6.08 Å². The van der Waals surface area contributed by atoms with Crippen LogP contribution in [-0.2, 0) is 0 Å². The Balaban J connectivity index is 1.96. The molecule has 0 bridgehead atoms. The topological polar surface area (TPSA) is 81.2 Å². The third-order valence-electron chi connectivity index (χ3n) is 3.98. The summed E-state index contributed by atoms with van der Waals surface area (Å²) in [5.41, 5.74) is 3.85. The Morgan fingerprint density at radius 1 is 1.00 bits per heavy atom. The first-order chi connectivity index (χ1) is 12.1. The summed E-state index contributed by atoms with van der Waals surface area (Å²) < 4.78 is 0.0772. The molecule has 2 aromatic carbocycles. The molecule has 1 aliphatic rings. The first kappa shape index (κ1) is 15.3. The molecule has 0 fully saturated rings. The van der Waals surface area contributed by atoms with Crippen molar-refractivity contribution in [1.29, 1.82) is 0 Å². The Morgan fingerprint density at radius 3 is 2.48 bits per heavy atom. The third kappa shape index (κ3) is 2.72. The van der Waals surface area contributed by atoms with Gasteiger partial charge in [0, 0.05) is 16.7 Å². The van der Waals surface area contributed by atoms with Crippen LogP contribution in [0.1, 0.15) is 16.7 Å². The van der Waals surface area contributed by atoms with Crippen molar-refractivity contribution in [3.8, 4) is 5.88 Å². The number of nitrogens with one attached hydrogen (secondary N) is 2. The van der Waals surface area contributed by atoms with Crippen molar-refractivity contribution >= 4 is 35.3 Å². The summed E-state index contributed by atoms with van der Waals surface area (Å²) in [5.74, 6) is -0.266. The zero-order valence-corrected chi connectivity index (χ0v) is 13.8. The molecule has 1 aromatic heterocycles. The summed E-state index contributed by atoms with van der Waals surface area (Å²) in [6.45, 7) is 0. The number of benzene rings is 2. The number of rotatable bonds is 2. The highest BCUT2D eigenvalue weighted by Gasteiger charge is 2.22. The van der Waals surface area contributed by atoms with E-state index in [4.69, 9.17) is 17.2 Å². The van der Waals surface area contributed by atoms with Gasteiger partial charge in [-0.25, -0.2) is 4.99 Å². The van der Waals surface area contributed by atoms with Crippen molar-refractivity contribution in [3.63, 3.8) is 0 Å². The SMILES string of the molecule is O=c1[nH]c(=S)[nH]c(O)c1C=C1C(c2ccccc2)=Nc2ccccc21. The summed E-state index contributed by atoms with van der Waals surface area (Å²) in [4.78, 5) is 22.0. The van der Waals surface area contributed by atoms with Crippen LogP contribution in [0.25, 0.3) is 11.6 Å². The number of aromatic nitrogens is 2. The molecule has 0 radical (unpaired) electrons. The molecule has 5 nitrogen and oxygen atoms in total. The Labute approximate surface area is 148 Å². The lowest BCUT2D eigenvalue weighted by molar-refractivity contribution is 0.448. The monoisotopic (exact) mass is 347 g/mol. The van der Waals surface area contributed by atoms with Crippen molar-refractivity contribution in [1.82, 2.24) is 9.97 Å². The molecule has 0 atom stereocenters. The van der Waals surface area contributed by atoms with Crippen molar-refractivity contribution in [2.75, 3.05) is 0 Å². The largest absolute Gasteiger partial charge is 0.494 e. The number of allylic oxidation sites excluding steroid dienone is 1. The predicted octanol–water partition coefficient (Wildman–Crippen LogP) is 3.81. The van der Waals surface area contributed by atoms with E-state index in [0.29, 0.717) is 0 Å². The summed E-state index contributed by atoms with van der Waals surface area (Å²) in [5, 5.41) is 10.1. The van der Waals surface area contributed by atoms with Gasteiger partial charge < -0.3 is 10.1 Å². The van der Waals surface area contributed by atoms with Gasteiger partial charge in [-0.15, -0.1) is 0 Å². The molecule has 4 rings (SSSR count). The zero-order valence-electron chi connectivity index (χ0n) is 13.0. The molecule has 2 heterocycles. The summed E-state index contributed by atoms with van der Waals surface area (Å²) in [6.07, 6.45) is 1.64. The maximum absolute atomic E-state index is 12.2. The quantitative estimate of drug-likeness (QED) is 0.617. The van der Waals surface area contributed by atoms with Gasteiger partial charge in [0.25, 0.3) is 5.56 Å². The highest BCUT2D eigenvalue weighted by Crippen LogP contribution is 2.38. The Morgan fingerprint density at radius 2 is 1.72 bits per heavy atom. The van der Waals surface area contributed by atoms with E-state index < -0.39 is 5.56 Å². The minimum Gasteiger partial charge on any atom is -0.494 e. The van der Waals surface area contributed by atoms with Gasteiger partial charge in [-0.05, 0) is 24.4 Å². The van der Waals surface area contributed by atoms with Crippen molar-refractivity contribution in [3.05, 3.63) is 86.4 Å². The molecule has 0 amide bonds. The summed E-state index contributed by atoms with van der Waals surface area (Å²) in [6, 6.07) is 17.4. The Bertz CT molecular complexity index is 1140. The van der Waals surface area contributed by atoms with Crippen LogP contribution in [0.4, 0.5) is 5.69 Å². The van der Waals surface area contributed by atoms with Gasteiger partial charge in [-0.1, -0.05) is 48.5 Å². The molecule has 0 spiro atoms. The van der Waals surface area contributed by atoms with Crippen LogP contribution >= 0.6 is 12.2 Å². The van der Waals surface area contributed by atoms with Crippen molar-refractivity contribution in [2.45, 2.75) is 0 Å². The first-order valence-corrected chi connectivity index (χ1v) is 8.05. The Hall–Kier alpha value is -3.25. The molecular formula is C19H13N3O2S. The van der Waals surface area contributed by atoms with Gasteiger partial charge >= 0.3 is 0 Å². The number of para-hydroxylation sites is 1. The predicted molar refractivity (Wildman–Crippen MR) is 101 cm³/mol. The molecule has 3 N–H and O–H groups in total. The zero-order chi connectivity index (χ0) is 17.4. The Kier molecular flexibility index (Phi) is 3.66. The second-order valence-corrected chi connectivity index (χ2v) is 5.98. The number of aromatic hydroxyl groups is 1. The van der Waals surface area contributed by atoms with Gasteiger partial charge in [-0.2, -0.15) is 0 Å². The lowest BCUT2D eigenvalue weighted by atomic mass is 9.96. The number of hydrogen-bond acceptors (Lipinski definition) is 4. The second-order valence-electron chi connectivity index (χ2n) is 5.57. The average Bonchev–Trinajstić information content (AvgIpc) is 2.97. The van der Waals surface area contributed by atoms with Gasteiger partial charge in [0.05, 0.1) is 11.4 Å². The van der Waals surface area contributed by atoms with E-state index in [9.17, 15) is 9.90 Å². The summed E-state index contributed by atoms with van der Waals surface area (Å²) >= 11 is 4.88. The van der Waals surface area contributed by atoms with Crippen LogP contribution in [0.2, 0.25) is 0 Å². The molecular weight excluding hydrogens is 334 g/mol. The van der Waals surface area contributed by atoms with Crippen LogP contribution in [0.15, 0.2) is 64.4 Å². The highest BCUT2D eigenvalue weighted by atomic mass is 32.1. The van der Waals surface area contributed by atoms with Crippen LogP contribution in [-0.4, -0.2) is 20.8 Å². The number of nitrogens with zero attached hydrogens (tertiary/aromatic N) is 1. The molecule has 122 valence electrons. The molecule has 3 aromatic rings. The standard InChI is InChI=1S/C19H13N3O2S/c23-17-14(18(24)22-19(25)21-17)10-13-12-8-4-5-9-15(12)20-16(13)11-6-2-1-3-7-11/h1-10H,(H3,21,22,23,24,25). The van der Waals surface area contributed by atoms with E-state index in [2.05, 4.69) is 9.97 Å². The molecule has 0 saturated carbocycles. The second kappa shape index (κ2) is 5.99. The van der Waals surface area contributed by atoms with Crippen molar-refractivity contribution in [2.24, 2.45) is 4.99 Å². The number of fused-ring (bicyclic) bond motifs is 1. The lowest BCUT2D eigenvalue weighted by Gasteiger charge is -2.06. The van der Waals surface area contributed by atoms with Gasteiger partial charge in [-0.3, -0.25) is 9.78 Å². The molecule has 1 aliphatic heterocycles. The first-order valence-electron chi connectivity index (χ1n) is 7.64. The number of hydrogen-bond donors (Lipinski definition) is 3. The minimum atomic E-state index is -0.453. The fourth-order valence-corrected chi connectivity index (χ4v) is 3.02. The van der Waals surface area contributed by atoms with Crippen LogP contribution in [0, 0.1) is 4.77 Å². The van der Waals surface area contributed by atoms with E-state index >= 15 is 0 Å². The molecule has 6 heteroatoms. The number of H-pyrrole nitrogens is 2. The van der Waals surface area contributed by atoms with Gasteiger partial charge in [0.2, 0.25) is 5.88 Å². The van der Waals surface area contributed by atoms with Crippen LogP contribution < -0.4 is 5.56 Å². The van der Waals surface area contributed by atoms with Gasteiger partial charge in [0.15, 0.2) is 4.77 Å². The van der Waals surface area contributed by atoms with E-state index in [1.165, 1.54) is 0 Å². The fourth-order valence-electron chi connectivity index (χ4n) is 2.83. The normalized spacial score (nSPS) is 14.4. The molecule has 25 heavy (non-hydrogen) atoms. The minimum absolute atomic E-state index is 0.0772. The molecule has 0 saturated heterocycles. The van der Waals surface area contributed by atoms with Crippen molar-refractivity contribution < 1.29 is 5.11 Å². The highest BCUT2D eigenvalue weighted by molar-refractivity contribution is 7.71. The maximum Gasteiger partial charge on any atom is 0.262 e. The molecule has 0 aliphatic carbocycles. The summed E-state index contributed by atoms with van der Waals surface area (Å²) in [7, 11) is 0. The maximum atomic E-state index is 12.2. The third-order valence-corrected chi connectivity index (χ3v) is 4.18. The smallest absolute Gasteiger partial charge is 0.262 e. The van der Waals surface area contributed by atoms with Gasteiger partial charge in [0.1, 0.15) is 5.56 Å². The number of aliphatic imine (C=N–C) groups is 1. The van der Waals surface area contributed by atoms with E-state index in [1.807, 2.05) is 54.6 Å². The fraction of sp³-hybridized carbons (Fsp3) is 0.